The molecule has 1 N–H and O–H groups in total. The molecule has 1 aromatic heterocycles. The van der Waals surface area contributed by atoms with Gasteiger partial charge in [-0.2, -0.15) is 0 Å². The van der Waals surface area contributed by atoms with E-state index >= 15 is 0 Å². The van der Waals surface area contributed by atoms with Crippen molar-refractivity contribution in [3.63, 3.8) is 0 Å². The first-order chi connectivity index (χ1) is 9.58. The van der Waals surface area contributed by atoms with Crippen molar-refractivity contribution >= 4 is 38.6 Å². The monoisotopic (exact) mass is 335 g/mol. The van der Waals surface area contributed by atoms with Crippen molar-refractivity contribution in [3.8, 4) is 0 Å². The summed E-state index contributed by atoms with van der Waals surface area (Å²) in [6, 6.07) is 4.52. The fourth-order valence-corrected chi connectivity index (χ4v) is 2.77. The molecule has 1 aromatic carbocycles. The lowest BCUT2D eigenvalue weighted by atomic mass is 10.1. The first kappa shape index (κ1) is 13.0. The molecule has 0 bridgehead atoms. The van der Waals surface area contributed by atoms with E-state index in [0.717, 1.165) is 4.47 Å². The quantitative estimate of drug-likeness (QED) is 0.792. The Labute approximate surface area is 121 Å². The second kappa shape index (κ2) is 4.82. The molecule has 3 rings (SSSR count). The van der Waals surface area contributed by atoms with Gasteiger partial charge in [-0.05, 0) is 34.5 Å². The molecule has 1 aliphatic heterocycles. The first-order valence-electron chi connectivity index (χ1n) is 6.07. The average molecular weight is 336 g/mol. The smallest absolute Gasteiger partial charge is 0.261 e. The number of carbonyl (C=O) groups excluding carboxylic acids is 2. The van der Waals surface area contributed by atoms with Gasteiger partial charge in [0, 0.05) is 10.9 Å². The molecule has 7 heteroatoms. The summed E-state index contributed by atoms with van der Waals surface area (Å²) in [4.78, 5) is 39.6. The minimum atomic E-state index is -0.684. The number of nitrogens with zero attached hydrogens (tertiary/aromatic N) is 2. The predicted molar refractivity (Wildman–Crippen MR) is 75.1 cm³/mol. The Morgan fingerprint density at radius 3 is 2.85 bits per heavy atom. The normalized spacial score (nSPS) is 19.1. The van der Waals surface area contributed by atoms with E-state index in [9.17, 15) is 14.4 Å². The zero-order valence-corrected chi connectivity index (χ0v) is 11.9. The van der Waals surface area contributed by atoms with Crippen molar-refractivity contribution < 1.29 is 9.59 Å². The van der Waals surface area contributed by atoms with Crippen LogP contribution in [-0.2, 0) is 9.59 Å². The summed E-state index contributed by atoms with van der Waals surface area (Å²) < 4.78 is 2.01. The highest BCUT2D eigenvalue weighted by molar-refractivity contribution is 9.10. The third-order valence-electron chi connectivity index (χ3n) is 3.31. The van der Waals surface area contributed by atoms with Crippen LogP contribution in [0.15, 0.2) is 33.8 Å². The summed E-state index contributed by atoms with van der Waals surface area (Å²) in [6.07, 6.45) is 1.89. The summed E-state index contributed by atoms with van der Waals surface area (Å²) in [5.74, 6) is -0.768. The Morgan fingerprint density at radius 2 is 2.10 bits per heavy atom. The first-order valence-corrected chi connectivity index (χ1v) is 6.86. The maximum absolute atomic E-state index is 12.4. The number of amides is 2. The number of para-hydroxylation sites is 1. The third kappa shape index (κ3) is 2.03. The van der Waals surface area contributed by atoms with Gasteiger partial charge in [0.15, 0.2) is 0 Å². The van der Waals surface area contributed by atoms with Gasteiger partial charge in [-0.3, -0.25) is 24.3 Å². The molecule has 0 saturated carbocycles. The van der Waals surface area contributed by atoms with Crippen LogP contribution < -0.4 is 10.9 Å². The van der Waals surface area contributed by atoms with Crippen LogP contribution in [0.5, 0.6) is 0 Å². The van der Waals surface area contributed by atoms with Crippen molar-refractivity contribution in [2.45, 2.75) is 18.9 Å². The molecule has 0 radical (unpaired) electrons. The molecule has 1 unspecified atom stereocenters. The Balaban J connectivity index is 2.14. The summed E-state index contributed by atoms with van der Waals surface area (Å²) in [7, 11) is 0. The zero-order valence-electron chi connectivity index (χ0n) is 10.3. The van der Waals surface area contributed by atoms with E-state index in [1.165, 1.54) is 10.9 Å². The van der Waals surface area contributed by atoms with Gasteiger partial charge in [-0.15, -0.1) is 0 Å². The second-order valence-electron chi connectivity index (χ2n) is 4.56. The van der Waals surface area contributed by atoms with Gasteiger partial charge in [0.05, 0.1) is 17.2 Å². The molecule has 1 fully saturated rings. The van der Waals surface area contributed by atoms with Crippen molar-refractivity contribution in [2.24, 2.45) is 0 Å². The van der Waals surface area contributed by atoms with Crippen molar-refractivity contribution in [1.82, 2.24) is 14.9 Å². The summed E-state index contributed by atoms with van der Waals surface area (Å²) in [5.41, 5.74) is 0.270. The Hall–Kier alpha value is -2.02. The van der Waals surface area contributed by atoms with Gasteiger partial charge in [-0.25, -0.2) is 4.98 Å². The van der Waals surface area contributed by atoms with E-state index in [4.69, 9.17) is 0 Å². The highest BCUT2D eigenvalue weighted by Gasteiger charge is 2.29. The van der Waals surface area contributed by atoms with E-state index in [1.54, 1.807) is 18.2 Å². The van der Waals surface area contributed by atoms with Gasteiger partial charge in [-0.1, -0.05) is 6.07 Å². The number of fused-ring (bicyclic) bond motifs is 1. The number of hydrogen-bond acceptors (Lipinski definition) is 4. The van der Waals surface area contributed by atoms with E-state index in [2.05, 4.69) is 26.2 Å². The molecule has 6 nitrogen and oxygen atoms in total. The molecule has 2 amide bonds. The summed E-state index contributed by atoms with van der Waals surface area (Å²) >= 11 is 3.34. The molecule has 1 saturated heterocycles. The van der Waals surface area contributed by atoms with E-state index < -0.39 is 11.9 Å². The molecule has 2 aromatic rings. The van der Waals surface area contributed by atoms with Gasteiger partial charge >= 0.3 is 0 Å². The minimum Gasteiger partial charge on any atom is -0.295 e. The highest BCUT2D eigenvalue weighted by atomic mass is 79.9. The number of halogens is 1. The van der Waals surface area contributed by atoms with Gasteiger partial charge < -0.3 is 0 Å². The Kier molecular flexibility index (Phi) is 3.13. The van der Waals surface area contributed by atoms with E-state index in [-0.39, 0.29) is 17.9 Å². The highest BCUT2D eigenvalue weighted by Crippen LogP contribution is 2.21. The SMILES string of the molecule is O=C1CCC(n2cnc3c(Br)cccc3c2=O)C(=O)N1. The van der Waals surface area contributed by atoms with Crippen LogP contribution in [0.1, 0.15) is 18.9 Å². The number of hydrogen-bond donors (Lipinski definition) is 1. The number of rotatable bonds is 1. The Bertz CT molecular complexity index is 784. The molecule has 0 spiro atoms. The van der Waals surface area contributed by atoms with Gasteiger partial charge in [0.25, 0.3) is 5.56 Å². The fraction of sp³-hybridized carbons (Fsp3) is 0.231. The molecule has 102 valence electrons. The van der Waals surface area contributed by atoms with Crippen LogP contribution in [0.2, 0.25) is 0 Å². The van der Waals surface area contributed by atoms with Crippen molar-refractivity contribution in [1.29, 1.82) is 0 Å². The lowest BCUT2D eigenvalue weighted by molar-refractivity contribution is -0.135. The van der Waals surface area contributed by atoms with Crippen LogP contribution >= 0.6 is 15.9 Å². The standard InChI is InChI=1S/C13H10BrN3O3/c14-8-3-1-2-7-11(8)15-6-17(13(7)20)9-4-5-10(18)16-12(9)19/h1-3,6,9H,4-5H2,(H,16,18,19). The van der Waals surface area contributed by atoms with Crippen molar-refractivity contribution in [3.05, 3.63) is 39.4 Å². The summed E-state index contributed by atoms with van der Waals surface area (Å²) in [6.45, 7) is 0. The van der Waals surface area contributed by atoms with Crippen LogP contribution in [-0.4, -0.2) is 21.4 Å². The fourth-order valence-electron chi connectivity index (χ4n) is 2.30. The molecule has 0 aliphatic carbocycles. The van der Waals surface area contributed by atoms with E-state index in [0.29, 0.717) is 17.3 Å². The maximum Gasteiger partial charge on any atom is 0.261 e. The minimum absolute atomic E-state index is 0.222. The molecule has 20 heavy (non-hydrogen) atoms. The number of imide groups is 1. The number of benzene rings is 1. The average Bonchev–Trinajstić information content (AvgIpc) is 2.41. The number of aromatic nitrogens is 2. The number of piperidine rings is 1. The van der Waals surface area contributed by atoms with Gasteiger partial charge in [0.1, 0.15) is 6.04 Å². The van der Waals surface area contributed by atoms with Crippen LogP contribution in [0.25, 0.3) is 10.9 Å². The summed E-state index contributed by atoms with van der Waals surface area (Å²) in [5, 5.41) is 2.68. The molecular weight excluding hydrogens is 326 g/mol. The molecule has 2 heterocycles. The third-order valence-corrected chi connectivity index (χ3v) is 3.95. The second-order valence-corrected chi connectivity index (χ2v) is 5.41. The Morgan fingerprint density at radius 1 is 1.30 bits per heavy atom. The topological polar surface area (TPSA) is 81.1 Å². The van der Waals surface area contributed by atoms with Crippen LogP contribution in [0.3, 0.4) is 0 Å². The molecule has 1 atom stereocenters. The van der Waals surface area contributed by atoms with Crippen LogP contribution in [0.4, 0.5) is 0 Å². The van der Waals surface area contributed by atoms with E-state index in [1.807, 2.05) is 0 Å². The largest absolute Gasteiger partial charge is 0.295 e. The molecular formula is C13H10BrN3O3. The number of carbonyl (C=O) groups is 2. The van der Waals surface area contributed by atoms with Crippen LogP contribution in [0, 0.1) is 0 Å². The maximum atomic E-state index is 12.4. The molecule has 1 aliphatic rings. The van der Waals surface area contributed by atoms with Crippen molar-refractivity contribution in [2.75, 3.05) is 0 Å². The lowest BCUT2D eigenvalue weighted by Gasteiger charge is -2.22. The number of nitrogens with one attached hydrogen (secondary N) is 1. The lowest BCUT2D eigenvalue weighted by Crippen LogP contribution is -2.44. The predicted octanol–water partition coefficient (Wildman–Crippen LogP) is 1.14. The zero-order chi connectivity index (χ0) is 14.3. The van der Waals surface area contributed by atoms with Gasteiger partial charge in [0.2, 0.25) is 11.8 Å².